The average Bonchev–Trinajstić information content (AvgIpc) is 2.75. The highest BCUT2D eigenvalue weighted by Gasteiger charge is 2.22. The van der Waals surface area contributed by atoms with Gasteiger partial charge in [0.25, 0.3) is 0 Å². The quantitative estimate of drug-likeness (QED) is 0.822. The Labute approximate surface area is 109 Å². The van der Waals surface area contributed by atoms with Crippen LogP contribution in [0, 0.1) is 11.3 Å². The molecule has 1 aromatic carbocycles. The summed E-state index contributed by atoms with van der Waals surface area (Å²) in [6.45, 7) is 2.13. The first-order valence-corrected chi connectivity index (χ1v) is 6.33. The number of nitrogens with zero attached hydrogens (tertiary/aromatic N) is 3. The lowest BCUT2D eigenvalue weighted by atomic mass is 10.1. The highest BCUT2D eigenvalue weighted by Crippen LogP contribution is 2.25. The van der Waals surface area contributed by atoms with Crippen LogP contribution in [-0.2, 0) is 0 Å². The molecule has 1 saturated heterocycles. The molecule has 0 bridgehead atoms. The summed E-state index contributed by atoms with van der Waals surface area (Å²) in [5, 5.41) is 8.94. The van der Waals surface area contributed by atoms with E-state index in [2.05, 4.69) is 22.9 Å². The number of likely N-dealkylation sites (tertiary alicyclic amines) is 1. The smallest absolute Gasteiger partial charge is 0.0992 e. The highest BCUT2D eigenvalue weighted by molar-refractivity contribution is 5.69. The van der Waals surface area contributed by atoms with Crippen LogP contribution in [0.2, 0.25) is 0 Å². The van der Waals surface area contributed by atoms with Gasteiger partial charge in [-0.2, -0.15) is 5.26 Å². The Hall–Kier alpha value is -1.73. The summed E-state index contributed by atoms with van der Waals surface area (Å²) in [4.78, 5) is 4.55. The Bertz CT molecular complexity index is 463. The highest BCUT2D eigenvalue weighted by atomic mass is 15.2. The van der Waals surface area contributed by atoms with Gasteiger partial charge in [-0.15, -0.1) is 0 Å². The molecule has 0 amide bonds. The van der Waals surface area contributed by atoms with Crippen molar-refractivity contribution in [3.63, 3.8) is 0 Å². The summed E-state index contributed by atoms with van der Waals surface area (Å²) in [6.07, 6.45) is 2.50. The minimum absolute atomic E-state index is 0.583. The van der Waals surface area contributed by atoms with Gasteiger partial charge in [-0.05, 0) is 44.6 Å². The molecule has 18 heavy (non-hydrogen) atoms. The van der Waals surface area contributed by atoms with Gasteiger partial charge >= 0.3 is 0 Å². The third-order valence-electron chi connectivity index (χ3n) is 3.73. The lowest BCUT2D eigenvalue weighted by Gasteiger charge is -2.28. The average molecular weight is 244 g/mol. The molecule has 0 aliphatic carbocycles. The van der Waals surface area contributed by atoms with E-state index in [9.17, 15) is 0 Å². The Balaban J connectivity index is 2.13. The zero-order valence-electron chi connectivity index (χ0n) is 11.1. The van der Waals surface area contributed by atoms with Crippen molar-refractivity contribution in [3.8, 4) is 6.07 Å². The maximum atomic E-state index is 8.94. The van der Waals surface area contributed by atoms with E-state index in [0.717, 1.165) is 17.9 Å². The lowest BCUT2D eigenvalue weighted by Crippen LogP contribution is -2.36. The van der Waals surface area contributed by atoms with Crippen LogP contribution in [0.3, 0.4) is 0 Å². The molecule has 96 valence electrons. The molecule has 2 rings (SSSR count). The molecule has 2 N–H and O–H groups in total. The van der Waals surface area contributed by atoms with E-state index < -0.39 is 0 Å². The normalized spacial score (nSPS) is 19.7. The van der Waals surface area contributed by atoms with Gasteiger partial charge in [-0.25, -0.2) is 0 Å². The van der Waals surface area contributed by atoms with E-state index in [0.29, 0.717) is 11.6 Å². The van der Waals surface area contributed by atoms with E-state index in [1.807, 2.05) is 19.2 Å². The summed E-state index contributed by atoms with van der Waals surface area (Å²) in [5.74, 6) is 0. The minimum atomic E-state index is 0.583. The van der Waals surface area contributed by atoms with Crippen LogP contribution in [-0.4, -0.2) is 38.1 Å². The maximum Gasteiger partial charge on any atom is 0.0992 e. The molecular formula is C14H20N4. The van der Waals surface area contributed by atoms with E-state index in [4.69, 9.17) is 11.0 Å². The minimum Gasteiger partial charge on any atom is -0.397 e. The Morgan fingerprint density at radius 3 is 2.94 bits per heavy atom. The molecule has 1 aromatic rings. The molecule has 0 aromatic heterocycles. The van der Waals surface area contributed by atoms with Crippen LogP contribution >= 0.6 is 0 Å². The van der Waals surface area contributed by atoms with E-state index in [-0.39, 0.29) is 0 Å². The number of nitriles is 1. The molecule has 1 unspecified atom stereocenters. The van der Waals surface area contributed by atoms with Crippen molar-refractivity contribution in [1.82, 2.24) is 4.90 Å². The van der Waals surface area contributed by atoms with Crippen molar-refractivity contribution in [1.29, 1.82) is 5.26 Å². The van der Waals surface area contributed by atoms with Gasteiger partial charge in [-0.1, -0.05) is 0 Å². The summed E-state index contributed by atoms with van der Waals surface area (Å²) in [7, 11) is 4.21. The van der Waals surface area contributed by atoms with Gasteiger partial charge < -0.3 is 15.5 Å². The predicted molar refractivity (Wildman–Crippen MR) is 74.5 cm³/mol. The predicted octanol–water partition coefficient (Wildman–Crippen LogP) is 1.67. The van der Waals surface area contributed by atoms with Crippen LogP contribution in [0.25, 0.3) is 0 Å². The molecule has 1 fully saturated rings. The van der Waals surface area contributed by atoms with Gasteiger partial charge in [0.05, 0.1) is 23.0 Å². The molecule has 0 spiro atoms. The van der Waals surface area contributed by atoms with E-state index in [1.54, 1.807) is 6.07 Å². The first-order chi connectivity index (χ1) is 8.61. The fourth-order valence-electron chi connectivity index (χ4n) is 2.57. The number of nitrogens with two attached hydrogens (primary N) is 1. The monoisotopic (exact) mass is 244 g/mol. The molecule has 4 nitrogen and oxygen atoms in total. The standard InChI is InChI=1S/C14H20N4/c1-17-7-3-4-12(17)10-18(2)14-8-11(9-15)5-6-13(14)16/h5-6,8,12H,3-4,7,10,16H2,1-2H3. The number of nitrogen functional groups attached to an aromatic ring is 1. The third-order valence-corrected chi connectivity index (χ3v) is 3.73. The second kappa shape index (κ2) is 5.28. The third kappa shape index (κ3) is 2.57. The van der Waals surface area contributed by atoms with Crippen molar-refractivity contribution in [3.05, 3.63) is 23.8 Å². The number of anilines is 2. The van der Waals surface area contributed by atoms with Crippen molar-refractivity contribution in [2.24, 2.45) is 0 Å². The van der Waals surface area contributed by atoms with Crippen molar-refractivity contribution >= 4 is 11.4 Å². The maximum absolute atomic E-state index is 8.94. The van der Waals surface area contributed by atoms with Crippen LogP contribution in [0.15, 0.2) is 18.2 Å². The number of benzene rings is 1. The SMILES string of the molecule is CN(CC1CCCN1C)c1cc(C#N)ccc1N. The number of hydrogen-bond acceptors (Lipinski definition) is 4. The van der Waals surface area contributed by atoms with Crippen LogP contribution in [0.1, 0.15) is 18.4 Å². The van der Waals surface area contributed by atoms with Crippen LogP contribution < -0.4 is 10.6 Å². The molecular weight excluding hydrogens is 224 g/mol. The summed E-state index contributed by atoms with van der Waals surface area (Å²) in [5.41, 5.74) is 8.33. The van der Waals surface area contributed by atoms with Gasteiger partial charge in [0.2, 0.25) is 0 Å². The first kappa shape index (κ1) is 12.7. The molecule has 0 saturated carbocycles. The topological polar surface area (TPSA) is 56.3 Å². The fraction of sp³-hybridized carbons (Fsp3) is 0.500. The van der Waals surface area contributed by atoms with E-state index >= 15 is 0 Å². The van der Waals surface area contributed by atoms with Gasteiger partial charge in [0.15, 0.2) is 0 Å². The largest absolute Gasteiger partial charge is 0.397 e. The second-order valence-corrected chi connectivity index (χ2v) is 5.04. The molecule has 1 aliphatic heterocycles. The fourth-order valence-corrected chi connectivity index (χ4v) is 2.57. The summed E-state index contributed by atoms with van der Waals surface area (Å²) in [6, 6.07) is 8.17. The first-order valence-electron chi connectivity index (χ1n) is 6.33. The Morgan fingerprint density at radius 2 is 2.33 bits per heavy atom. The zero-order valence-corrected chi connectivity index (χ0v) is 11.1. The second-order valence-electron chi connectivity index (χ2n) is 5.04. The molecule has 4 heteroatoms. The molecule has 1 aliphatic rings. The Morgan fingerprint density at radius 1 is 1.56 bits per heavy atom. The molecule has 0 radical (unpaired) electrons. The van der Waals surface area contributed by atoms with E-state index in [1.165, 1.54) is 19.4 Å². The summed E-state index contributed by atoms with van der Waals surface area (Å²) < 4.78 is 0. The number of hydrogen-bond donors (Lipinski definition) is 1. The number of rotatable bonds is 3. The Kier molecular flexibility index (Phi) is 3.73. The van der Waals surface area contributed by atoms with Crippen LogP contribution in [0.5, 0.6) is 0 Å². The van der Waals surface area contributed by atoms with Crippen molar-refractivity contribution in [2.45, 2.75) is 18.9 Å². The molecule has 1 atom stereocenters. The molecule has 1 heterocycles. The van der Waals surface area contributed by atoms with Gasteiger partial charge in [-0.3, -0.25) is 0 Å². The van der Waals surface area contributed by atoms with Gasteiger partial charge in [0.1, 0.15) is 0 Å². The van der Waals surface area contributed by atoms with Gasteiger partial charge in [0, 0.05) is 19.6 Å². The van der Waals surface area contributed by atoms with Crippen LogP contribution in [0.4, 0.5) is 11.4 Å². The van der Waals surface area contributed by atoms with Crippen molar-refractivity contribution in [2.75, 3.05) is 37.8 Å². The zero-order chi connectivity index (χ0) is 13.1. The number of likely N-dealkylation sites (N-methyl/N-ethyl adjacent to an activating group) is 2. The van der Waals surface area contributed by atoms with Crippen molar-refractivity contribution < 1.29 is 0 Å². The lowest BCUT2D eigenvalue weighted by molar-refractivity contribution is 0.314. The summed E-state index contributed by atoms with van der Waals surface area (Å²) >= 11 is 0.